The van der Waals surface area contributed by atoms with Crippen molar-refractivity contribution in [3.8, 4) is 11.5 Å². The zero-order valence-electron chi connectivity index (χ0n) is 15.2. The van der Waals surface area contributed by atoms with Gasteiger partial charge in [0.2, 0.25) is 0 Å². The van der Waals surface area contributed by atoms with E-state index in [1.54, 1.807) is 24.3 Å². The molecule has 0 aliphatic carbocycles. The maximum atomic E-state index is 12.4. The maximum Gasteiger partial charge on any atom is 0.387 e. The van der Waals surface area contributed by atoms with E-state index in [1.807, 2.05) is 11.9 Å². The van der Waals surface area contributed by atoms with Gasteiger partial charge in [0.05, 0.1) is 17.8 Å². The van der Waals surface area contributed by atoms with Gasteiger partial charge < -0.3 is 9.47 Å². The lowest BCUT2D eigenvalue weighted by Gasteiger charge is -2.18. The molecule has 3 rings (SSSR count). The standard InChI is InChI=1S/C19H18ClF2N3O3/c1-24(9-12-3-5-15(28-19(21)22)16(7-12)27-2)11-14-8-18(26)25-10-13(20)4-6-17(25)23-14/h3-8,10,19H,9,11H2,1-2H3. The zero-order chi connectivity index (χ0) is 20.3. The minimum atomic E-state index is -2.92. The summed E-state index contributed by atoms with van der Waals surface area (Å²) >= 11 is 5.91. The highest BCUT2D eigenvalue weighted by molar-refractivity contribution is 6.30. The van der Waals surface area contributed by atoms with Crippen LogP contribution in [0, 0.1) is 0 Å². The topological polar surface area (TPSA) is 56.1 Å². The predicted octanol–water partition coefficient (Wildman–Crippen LogP) is 3.59. The highest BCUT2D eigenvalue weighted by Crippen LogP contribution is 2.29. The number of pyridine rings is 1. The van der Waals surface area contributed by atoms with Crippen LogP contribution in [0.2, 0.25) is 5.02 Å². The van der Waals surface area contributed by atoms with Gasteiger partial charge in [0.25, 0.3) is 5.56 Å². The number of benzene rings is 1. The first kappa shape index (κ1) is 20.0. The van der Waals surface area contributed by atoms with Crippen molar-refractivity contribution in [2.45, 2.75) is 19.7 Å². The number of halogens is 3. The Labute approximate surface area is 164 Å². The molecule has 2 aromatic heterocycles. The van der Waals surface area contributed by atoms with Gasteiger partial charge in [-0.3, -0.25) is 14.1 Å². The summed E-state index contributed by atoms with van der Waals surface area (Å²) in [6, 6.07) is 9.57. The van der Waals surface area contributed by atoms with Crippen LogP contribution in [0.3, 0.4) is 0 Å². The van der Waals surface area contributed by atoms with E-state index in [4.69, 9.17) is 16.3 Å². The van der Waals surface area contributed by atoms with Crippen LogP contribution in [0.4, 0.5) is 8.78 Å². The van der Waals surface area contributed by atoms with Gasteiger partial charge in [0, 0.05) is 25.4 Å². The van der Waals surface area contributed by atoms with Crippen LogP contribution in [-0.2, 0) is 13.1 Å². The Morgan fingerprint density at radius 1 is 1.18 bits per heavy atom. The molecular formula is C19H18ClF2N3O3. The van der Waals surface area contributed by atoms with Gasteiger partial charge in [-0.25, -0.2) is 4.98 Å². The Morgan fingerprint density at radius 2 is 1.96 bits per heavy atom. The third-order valence-corrected chi connectivity index (χ3v) is 4.23. The average Bonchev–Trinajstić information content (AvgIpc) is 2.63. The molecule has 0 bridgehead atoms. The molecule has 3 aromatic rings. The van der Waals surface area contributed by atoms with Gasteiger partial charge in [-0.05, 0) is 36.9 Å². The van der Waals surface area contributed by atoms with E-state index in [9.17, 15) is 13.6 Å². The second-order valence-corrected chi connectivity index (χ2v) is 6.63. The van der Waals surface area contributed by atoms with E-state index in [0.717, 1.165) is 5.56 Å². The second-order valence-electron chi connectivity index (χ2n) is 6.20. The van der Waals surface area contributed by atoms with Crippen LogP contribution in [0.5, 0.6) is 11.5 Å². The molecule has 148 valence electrons. The molecule has 0 saturated carbocycles. The number of rotatable bonds is 7. The summed E-state index contributed by atoms with van der Waals surface area (Å²) in [6.45, 7) is -2.01. The van der Waals surface area contributed by atoms with Crippen molar-refractivity contribution in [3.05, 3.63) is 69.2 Å². The van der Waals surface area contributed by atoms with Crippen molar-refractivity contribution in [1.29, 1.82) is 0 Å². The van der Waals surface area contributed by atoms with E-state index in [0.29, 0.717) is 29.5 Å². The summed E-state index contributed by atoms with van der Waals surface area (Å²) in [7, 11) is 3.25. The smallest absolute Gasteiger partial charge is 0.387 e. The van der Waals surface area contributed by atoms with Crippen LogP contribution >= 0.6 is 11.6 Å². The molecule has 0 N–H and O–H groups in total. The Kier molecular flexibility index (Phi) is 6.11. The van der Waals surface area contributed by atoms with Crippen molar-refractivity contribution in [2.75, 3.05) is 14.2 Å². The molecule has 28 heavy (non-hydrogen) atoms. The third-order valence-electron chi connectivity index (χ3n) is 4.01. The molecule has 0 radical (unpaired) electrons. The molecule has 0 fully saturated rings. The second kappa shape index (κ2) is 8.53. The Morgan fingerprint density at radius 3 is 2.68 bits per heavy atom. The van der Waals surface area contributed by atoms with Gasteiger partial charge in [-0.1, -0.05) is 17.7 Å². The first-order valence-electron chi connectivity index (χ1n) is 8.34. The molecule has 1 aromatic carbocycles. The van der Waals surface area contributed by atoms with Crippen LogP contribution in [0.25, 0.3) is 5.65 Å². The Balaban J connectivity index is 1.75. The summed E-state index contributed by atoms with van der Waals surface area (Å²) in [6.07, 6.45) is 1.52. The van der Waals surface area contributed by atoms with Crippen molar-refractivity contribution >= 4 is 17.2 Å². The molecule has 0 saturated heterocycles. The SMILES string of the molecule is COc1cc(CN(C)Cc2cc(=O)n3cc(Cl)ccc3n2)ccc1OC(F)F. The van der Waals surface area contributed by atoms with Gasteiger partial charge in [-0.15, -0.1) is 0 Å². The van der Waals surface area contributed by atoms with E-state index < -0.39 is 6.61 Å². The summed E-state index contributed by atoms with van der Waals surface area (Å²) < 4.78 is 35.8. The molecule has 6 nitrogen and oxygen atoms in total. The number of nitrogens with zero attached hydrogens (tertiary/aromatic N) is 3. The molecule has 0 atom stereocenters. The highest BCUT2D eigenvalue weighted by atomic mass is 35.5. The number of aromatic nitrogens is 2. The number of alkyl halides is 2. The fourth-order valence-electron chi connectivity index (χ4n) is 2.85. The third kappa shape index (κ3) is 4.76. The van der Waals surface area contributed by atoms with E-state index >= 15 is 0 Å². The molecule has 2 heterocycles. The largest absolute Gasteiger partial charge is 0.493 e. The van der Waals surface area contributed by atoms with Crippen LogP contribution in [0.1, 0.15) is 11.3 Å². The minimum absolute atomic E-state index is 0.0215. The molecule has 9 heteroatoms. The summed E-state index contributed by atoms with van der Waals surface area (Å²) in [5, 5.41) is 0.453. The van der Waals surface area contributed by atoms with Gasteiger partial charge in [-0.2, -0.15) is 8.78 Å². The van der Waals surface area contributed by atoms with Crippen molar-refractivity contribution in [2.24, 2.45) is 0 Å². The summed E-state index contributed by atoms with van der Waals surface area (Å²) in [5.74, 6) is 0.205. The van der Waals surface area contributed by atoms with Crippen LogP contribution in [0.15, 0.2) is 47.4 Å². The lowest BCUT2D eigenvalue weighted by molar-refractivity contribution is -0.0512. The molecular weight excluding hydrogens is 392 g/mol. The minimum Gasteiger partial charge on any atom is -0.493 e. The molecule has 0 spiro atoms. The summed E-state index contributed by atoms with van der Waals surface area (Å²) in [5.41, 5.74) is 1.74. The lowest BCUT2D eigenvalue weighted by Crippen LogP contribution is -2.21. The monoisotopic (exact) mass is 409 g/mol. The first-order chi connectivity index (χ1) is 13.4. The van der Waals surface area contributed by atoms with Crippen LogP contribution < -0.4 is 15.0 Å². The van der Waals surface area contributed by atoms with Crippen molar-refractivity contribution in [3.63, 3.8) is 0 Å². The average molecular weight is 410 g/mol. The molecule has 0 amide bonds. The lowest BCUT2D eigenvalue weighted by atomic mass is 10.2. The van der Waals surface area contributed by atoms with Gasteiger partial charge in [0.15, 0.2) is 11.5 Å². The van der Waals surface area contributed by atoms with E-state index in [1.165, 1.54) is 29.8 Å². The highest BCUT2D eigenvalue weighted by Gasteiger charge is 2.12. The number of hydrogen-bond donors (Lipinski definition) is 0. The van der Waals surface area contributed by atoms with E-state index in [-0.39, 0.29) is 17.1 Å². The zero-order valence-corrected chi connectivity index (χ0v) is 16.0. The van der Waals surface area contributed by atoms with Crippen molar-refractivity contribution in [1.82, 2.24) is 14.3 Å². The normalized spacial score (nSPS) is 11.4. The number of hydrogen-bond acceptors (Lipinski definition) is 5. The van der Waals surface area contributed by atoms with Gasteiger partial charge >= 0.3 is 6.61 Å². The fraction of sp³-hybridized carbons (Fsp3) is 0.263. The summed E-state index contributed by atoms with van der Waals surface area (Å²) in [4.78, 5) is 18.7. The first-order valence-corrected chi connectivity index (χ1v) is 8.71. The Bertz CT molecular complexity index is 1040. The number of methoxy groups -OCH3 is 1. The van der Waals surface area contributed by atoms with Crippen molar-refractivity contribution < 1.29 is 18.3 Å². The number of ether oxygens (including phenoxy) is 2. The van der Waals surface area contributed by atoms with E-state index in [2.05, 4.69) is 9.72 Å². The molecule has 0 aliphatic heterocycles. The molecule has 0 aliphatic rings. The van der Waals surface area contributed by atoms with Crippen LogP contribution in [-0.4, -0.2) is 35.1 Å². The predicted molar refractivity (Wildman–Crippen MR) is 101 cm³/mol. The quantitative estimate of drug-likeness (QED) is 0.597. The Hall–Kier alpha value is -2.71. The fourth-order valence-corrected chi connectivity index (χ4v) is 3.02. The van der Waals surface area contributed by atoms with Gasteiger partial charge in [0.1, 0.15) is 5.65 Å². The molecule has 0 unspecified atom stereocenters. The maximum absolute atomic E-state index is 12.4. The number of fused-ring (bicyclic) bond motifs is 1.